The van der Waals surface area contributed by atoms with E-state index in [-0.39, 0.29) is 0 Å². The molecule has 6 heteroatoms. The second-order valence-corrected chi connectivity index (χ2v) is 4.77. The van der Waals surface area contributed by atoms with Crippen LogP contribution in [0.4, 0.5) is 0 Å². The normalized spacial score (nSPS) is 10.3. The van der Waals surface area contributed by atoms with E-state index >= 15 is 0 Å². The summed E-state index contributed by atoms with van der Waals surface area (Å²) in [6.07, 6.45) is 0. The lowest BCUT2D eigenvalue weighted by Crippen LogP contribution is -2.26. The van der Waals surface area contributed by atoms with Gasteiger partial charge in [0.1, 0.15) is 11.6 Å². The lowest BCUT2D eigenvalue weighted by atomic mass is 10.1. The van der Waals surface area contributed by atoms with Crippen LogP contribution in [-0.2, 0) is 0 Å². The molecule has 1 aromatic carbocycles. The molecule has 0 amide bonds. The van der Waals surface area contributed by atoms with E-state index in [0.29, 0.717) is 22.8 Å². The molecule has 0 saturated heterocycles. The standard InChI is InChI=1S/C15H19N3O3/c1-9-11(8-16)10-7-12(19-4)14(20-5)15(21-6)13(10)18(9)17(2)3/h7H,1-6H3. The first-order chi connectivity index (χ1) is 10.0. The number of hydrogen-bond donors (Lipinski definition) is 0. The highest BCUT2D eigenvalue weighted by molar-refractivity contribution is 5.96. The van der Waals surface area contributed by atoms with Gasteiger partial charge in [-0.3, -0.25) is 4.68 Å². The third-order valence-electron chi connectivity index (χ3n) is 3.48. The van der Waals surface area contributed by atoms with Crippen molar-refractivity contribution in [1.29, 1.82) is 5.26 Å². The Morgan fingerprint density at radius 1 is 1.10 bits per heavy atom. The first-order valence-electron chi connectivity index (χ1n) is 6.43. The number of benzene rings is 1. The molecule has 0 aliphatic heterocycles. The van der Waals surface area contributed by atoms with Gasteiger partial charge in [0.2, 0.25) is 5.75 Å². The number of nitrogens with zero attached hydrogens (tertiary/aromatic N) is 3. The first-order valence-corrected chi connectivity index (χ1v) is 6.43. The van der Waals surface area contributed by atoms with Crippen LogP contribution in [0, 0.1) is 18.3 Å². The third-order valence-corrected chi connectivity index (χ3v) is 3.48. The summed E-state index contributed by atoms with van der Waals surface area (Å²) in [6.45, 7) is 1.90. The van der Waals surface area contributed by atoms with Gasteiger partial charge in [-0.1, -0.05) is 0 Å². The van der Waals surface area contributed by atoms with Crippen molar-refractivity contribution in [2.45, 2.75) is 6.92 Å². The van der Waals surface area contributed by atoms with Crippen molar-refractivity contribution in [3.63, 3.8) is 0 Å². The van der Waals surface area contributed by atoms with Crippen molar-refractivity contribution < 1.29 is 14.2 Å². The summed E-state index contributed by atoms with van der Waals surface area (Å²) in [6, 6.07) is 4.06. The van der Waals surface area contributed by atoms with Crippen LogP contribution in [-0.4, -0.2) is 40.1 Å². The fourth-order valence-corrected chi connectivity index (χ4v) is 2.65. The van der Waals surface area contributed by atoms with Gasteiger partial charge in [0, 0.05) is 19.5 Å². The minimum absolute atomic E-state index is 0.512. The van der Waals surface area contributed by atoms with Gasteiger partial charge >= 0.3 is 0 Å². The quantitative estimate of drug-likeness (QED) is 0.862. The number of rotatable bonds is 4. The minimum Gasteiger partial charge on any atom is -0.493 e. The van der Waals surface area contributed by atoms with Crippen LogP contribution in [0.5, 0.6) is 17.2 Å². The highest BCUT2D eigenvalue weighted by Gasteiger charge is 2.25. The summed E-state index contributed by atoms with van der Waals surface area (Å²) in [5.41, 5.74) is 2.22. The van der Waals surface area contributed by atoms with Crippen molar-refractivity contribution in [1.82, 2.24) is 4.68 Å². The van der Waals surface area contributed by atoms with E-state index in [1.807, 2.05) is 36.8 Å². The molecule has 2 rings (SSSR count). The molecule has 0 aliphatic carbocycles. The molecule has 0 saturated carbocycles. The maximum Gasteiger partial charge on any atom is 0.205 e. The van der Waals surface area contributed by atoms with Gasteiger partial charge in [-0.15, -0.1) is 0 Å². The SMILES string of the molecule is COc1cc2c(C#N)c(C)n(N(C)C)c2c(OC)c1OC. The Morgan fingerprint density at radius 2 is 1.71 bits per heavy atom. The Bertz CT molecular complexity index is 726. The first kappa shape index (κ1) is 14.9. The van der Waals surface area contributed by atoms with Crippen LogP contribution in [0.3, 0.4) is 0 Å². The number of nitriles is 1. The maximum atomic E-state index is 9.47. The van der Waals surface area contributed by atoms with Crippen molar-refractivity contribution in [2.75, 3.05) is 40.4 Å². The summed E-state index contributed by atoms with van der Waals surface area (Å²) in [5, 5.41) is 12.1. The monoisotopic (exact) mass is 289 g/mol. The van der Waals surface area contributed by atoms with E-state index in [0.717, 1.165) is 16.6 Å². The summed E-state index contributed by atoms with van der Waals surface area (Å²) in [5.74, 6) is 1.59. The van der Waals surface area contributed by atoms with Crippen LogP contribution >= 0.6 is 0 Å². The van der Waals surface area contributed by atoms with Gasteiger partial charge in [-0.25, -0.2) is 0 Å². The fraction of sp³-hybridized carbons (Fsp3) is 0.400. The Balaban J connectivity index is 3.06. The second kappa shape index (κ2) is 5.44. The molecular weight excluding hydrogens is 270 g/mol. The molecule has 112 valence electrons. The molecule has 0 aliphatic rings. The topological polar surface area (TPSA) is 59.7 Å². The Kier molecular flexibility index (Phi) is 3.85. The lowest BCUT2D eigenvalue weighted by molar-refractivity contribution is 0.326. The largest absolute Gasteiger partial charge is 0.493 e. The molecule has 21 heavy (non-hydrogen) atoms. The molecule has 1 heterocycles. The number of hydrogen-bond acceptors (Lipinski definition) is 5. The molecule has 0 atom stereocenters. The minimum atomic E-state index is 0.512. The number of fused-ring (bicyclic) bond motifs is 1. The van der Waals surface area contributed by atoms with Crippen LogP contribution in [0.15, 0.2) is 6.07 Å². The smallest absolute Gasteiger partial charge is 0.205 e. The van der Waals surface area contributed by atoms with Crippen LogP contribution in [0.1, 0.15) is 11.3 Å². The Labute approximate surface area is 124 Å². The molecule has 0 radical (unpaired) electrons. The molecule has 0 bridgehead atoms. The molecule has 2 aromatic rings. The summed E-state index contributed by atoms with van der Waals surface area (Å²) in [7, 11) is 8.51. The van der Waals surface area contributed by atoms with Gasteiger partial charge in [-0.05, 0) is 13.0 Å². The predicted octanol–water partition coefficient (Wildman–Crippen LogP) is 2.04. The van der Waals surface area contributed by atoms with E-state index in [1.54, 1.807) is 21.3 Å². The van der Waals surface area contributed by atoms with Crippen molar-refractivity contribution in [2.24, 2.45) is 0 Å². The highest BCUT2D eigenvalue weighted by Crippen LogP contribution is 2.45. The summed E-state index contributed by atoms with van der Waals surface area (Å²) >= 11 is 0. The molecule has 1 aromatic heterocycles. The Morgan fingerprint density at radius 3 is 2.14 bits per heavy atom. The van der Waals surface area contributed by atoms with Gasteiger partial charge in [-0.2, -0.15) is 5.26 Å². The van der Waals surface area contributed by atoms with Crippen molar-refractivity contribution in [3.05, 3.63) is 17.3 Å². The van der Waals surface area contributed by atoms with Crippen LogP contribution in [0.25, 0.3) is 10.9 Å². The zero-order valence-electron chi connectivity index (χ0n) is 13.1. The molecule has 0 fully saturated rings. The highest BCUT2D eigenvalue weighted by atomic mass is 16.5. The van der Waals surface area contributed by atoms with E-state index in [1.165, 1.54) is 0 Å². The zero-order chi connectivity index (χ0) is 15.7. The van der Waals surface area contributed by atoms with Gasteiger partial charge in [0.05, 0.1) is 32.6 Å². The average molecular weight is 289 g/mol. The second-order valence-electron chi connectivity index (χ2n) is 4.77. The van der Waals surface area contributed by atoms with E-state index < -0.39 is 0 Å². The molecular formula is C15H19N3O3. The predicted molar refractivity (Wildman–Crippen MR) is 81.1 cm³/mol. The van der Waals surface area contributed by atoms with Gasteiger partial charge in [0.15, 0.2) is 11.5 Å². The van der Waals surface area contributed by atoms with Crippen molar-refractivity contribution in [3.8, 4) is 23.3 Å². The van der Waals surface area contributed by atoms with E-state index in [9.17, 15) is 5.26 Å². The number of ether oxygens (including phenoxy) is 3. The summed E-state index contributed by atoms with van der Waals surface area (Å²) in [4.78, 5) is 0. The zero-order valence-corrected chi connectivity index (χ0v) is 13.1. The summed E-state index contributed by atoms with van der Waals surface area (Å²) < 4.78 is 18.2. The number of methoxy groups -OCH3 is 3. The maximum absolute atomic E-state index is 9.47. The number of aromatic nitrogens is 1. The molecule has 6 nitrogen and oxygen atoms in total. The lowest BCUT2D eigenvalue weighted by Gasteiger charge is -2.20. The van der Waals surface area contributed by atoms with Crippen LogP contribution < -0.4 is 19.2 Å². The molecule has 0 spiro atoms. The van der Waals surface area contributed by atoms with E-state index in [2.05, 4.69) is 6.07 Å². The van der Waals surface area contributed by atoms with Crippen LogP contribution in [0.2, 0.25) is 0 Å². The van der Waals surface area contributed by atoms with Gasteiger partial charge in [0.25, 0.3) is 0 Å². The third kappa shape index (κ3) is 2.02. The average Bonchev–Trinajstić information content (AvgIpc) is 2.75. The van der Waals surface area contributed by atoms with E-state index in [4.69, 9.17) is 14.2 Å². The van der Waals surface area contributed by atoms with Crippen molar-refractivity contribution >= 4 is 10.9 Å². The van der Waals surface area contributed by atoms with Gasteiger partial charge < -0.3 is 19.2 Å². The fourth-order valence-electron chi connectivity index (χ4n) is 2.65. The molecule has 0 unspecified atom stereocenters. The Hall–Kier alpha value is -2.55. The molecule has 0 N–H and O–H groups in total.